The number of hydrogen-bond acceptors (Lipinski definition) is 3. The molecule has 1 atom stereocenters. The molecule has 0 aliphatic rings. The maximum atomic E-state index is 12.4. The van der Waals surface area contributed by atoms with Gasteiger partial charge in [0.1, 0.15) is 0 Å². The molecule has 0 aliphatic carbocycles. The lowest BCUT2D eigenvalue weighted by Gasteiger charge is -2.27. The van der Waals surface area contributed by atoms with Gasteiger partial charge in [0.25, 0.3) is 0 Å². The van der Waals surface area contributed by atoms with Crippen LogP contribution in [0.5, 0.6) is 0 Å². The highest BCUT2D eigenvalue weighted by atomic mass is 32.2. The highest BCUT2D eigenvalue weighted by Gasteiger charge is 2.24. The number of aromatic carboxylic acids is 1. The number of benzene rings is 1. The summed E-state index contributed by atoms with van der Waals surface area (Å²) in [5, 5.41) is 9.07. The van der Waals surface area contributed by atoms with Gasteiger partial charge in [0, 0.05) is 6.54 Å². The van der Waals surface area contributed by atoms with Crippen molar-refractivity contribution in [3.05, 3.63) is 29.3 Å². The topological polar surface area (TPSA) is 83.5 Å². The summed E-state index contributed by atoms with van der Waals surface area (Å²) in [5.41, 5.74) is 0.239. The van der Waals surface area contributed by atoms with Gasteiger partial charge in [-0.05, 0) is 36.0 Å². The van der Waals surface area contributed by atoms with E-state index in [1.165, 1.54) is 25.1 Å². The van der Waals surface area contributed by atoms with Gasteiger partial charge in [0.15, 0.2) is 0 Å². The van der Waals surface area contributed by atoms with E-state index in [1.807, 2.05) is 27.7 Å². The molecule has 1 rings (SSSR count). The standard InChI is InChI=1S/C15H23NO4S/c1-10(15(3,4)5)9-16-21(19,20)13-8-6-7-12(11(13)2)14(17)18/h6-8,10,16H,9H2,1-5H3,(H,17,18). The van der Waals surface area contributed by atoms with E-state index in [-0.39, 0.29) is 27.4 Å². The Bertz CT molecular complexity index is 630. The van der Waals surface area contributed by atoms with Crippen LogP contribution in [0.1, 0.15) is 43.6 Å². The highest BCUT2D eigenvalue weighted by Crippen LogP contribution is 2.25. The molecule has 21 heavy (non-hydrogen) atoms. The van der Waals surface area contributed by atoms with E-state index >= 15 is 0 Å². The monoisotopic (exact) mass is 313 g/mol. The van der Waals surface area contributed by atoms with Gasteiger partial charge >= 0.3 is 5.97 Å². The Morgan fingerprint density at radius 3 is 2.38 bits per heavy atom. The highest BCUT2D eigenvalue weighted by molar-refractivity contribution is 7.89. The molecule has 0 saturated carbocycles. The zero-order valence-corrected chi connectivity index (χ0v) is 13.9. The first-order valence-corrected chi connectivity index (χ1v) is 8.27. The minimum atomic E-state index is -3.72. The van der Waals surface area contributed by atoms with Crippen LogP contribution in [0.15, 0.2) is 23.1 Å². The summed E-state index contributed by atoms with van der Waals surface area (Å²) in [7, 11) is -3.72. The van der Waals surface area contributed by atoms with Crippen LogP contribution in [0.25, 0.3) is 0 Å². The van der Waals surface area contributed by atoms with Gasteiger partial charge in [0.2, 0.25) is 10.0 Å². The molecule has 0 amide bonds. The van der Waals surface area contributed by atoms with Gasteiger partial charge in [-0.3, -0.25) is 0 Å². The molecule has 0 fully saturated rings. The Morgan fingerprint density at radius 2 is 1.90 bits per heavy atom. The molecule has 0 spiro atoms. The van der Waals surface area contributed by atoms with Crippen LogP contribution in [0, 0.1) is 18.3 Å². The van der Waals surface area contributed by atoms with Gasteiger partial charge in [-0.1, -0.05) is 33.8 Å². The molecule has 0 heterocycles. The Kier molecular flexibility index (Phi) is 5.17. The van der Waals surface area contributed by atoms with E-state index in [4.69, 9.17) is 5.11 Å². The zero-order valence-electron chi connectivity index (χ0n) is 13.1. The van der Waals surface area contributed by atoms with Crippen LogP contribution in [0.4, 0.5) is 0 Å². The van der Waals surface area contributed by atoms with Crippen molar-refractivity contribution in [2.24, 2.45) is 11.3 Å². The van der Waals surface area contributed by atoms with Crippen LogP contribution in [0.2, 0.25) is 0 Å². The van der Waals surface area contributed by atoms with E-state index < -0.39 is 16.0 Å². The fourth-order valence-corrected chi connectivity index (χ4v) is 3.15. The molecule has 0 aromatic heterocycles. The van der Waals surface area contributed by atoms with Crippen LogP contribution < -0.4 is 4.72 Å². The predicted molar refractivity (Wildman–Crippen MR) is 81.9 cm³/mol. The molecule has 0 radical (unpaired) electrons. The summed E-state index contributed by atoms with van der Waals surface area (Å²) in [6.07, 6.45) is 0. The zero-order chi connectivity index (χ0) is 16.4. The third-order valence-electron chi connectivity index (χ3n) is 3.86. The number of carboxylic acids is 1. The van der Waals surface area contributed by atoms with Gasteiger partial charge in [-0.15, -0.1) is 0 Å². The lowest BCUT2D eigenvalue weighted by molar-refractivity contribution is 0.0696. The first-order valence-electron chi connectivity index (χ1n) is 6.79. The third kappa shape index (κ3) is 4.28. The van der Waals surface area contributed by atoms with Crippen LogP contribution in [-0.4, -0.2) is 26.0 Å². The number of sulfonamides is 1. The summed E-state index contributed by atoms with van der Waals surface area (Å²) in [6, 6.07) is 4.26. The molecule has 0 saturated heterocycles. The summed E-state index contributed by atoms with van der Waals surface area (Å²) < 4.78 is 27.3. The maximum absolute atomic E-state index is 12.4. The van der Waals surface area contributed by atoms with Crippen molar-refractivity contribution >= 4 is 16.0 Å². The molecule has 1 aromatic carbocycles. The van der Waals surface area contributed by atoms with Crippen molar-refractivity contribution in [2.45, 2.75) is 39.5 Å². The minimum Gasteiger partial charge on any atom is -0.478 e. The minimum absolute atomic E-state index is 0.00162. The van der Waals surface area contributed by atoms with Crippen molar-refractivity contribution in [3.8, 4) is 0 Å². The number of hydrogen-bond donors (Lipinski definition) is 2. The second-order valence-corrected chi connectivity index (χ2v) is 8.09. The van der Waals surface area contributed by atoms with Crippen LogP contribution >= 0.6 is 0 Å². The third-order valence-corrected chi connectivity index (χ3v) is 5.43. The Hall–Kier alpha value is -1.40. The first-order chi connectivity index (χ1) is 9.47. The van der Waals surface area contributed by atoms with Crippen molar-refractivity contribution in [3.63, 3.8) is 0 Å². The summed E-state index contributed by atoms with van der Waals surface area (Å²) >= 11 is 0. The Balaban J connectivity index is 3.05. The summed E-state index contributed by atoms with van der Waals surface area (Å²) in [4.78, 5) is 11.1. The fourth-order valence-electron chi connectivity index (χ4n) is 1.76. The molecule has 0 aliphatic heterocycles. The summed E-state index contributed by atoms with van der Waals surface area (Å²) in [6.45, 7) is 9.92. The number of rotatable bonds is 5. The van der Waals surface area contributed by atoms with Crippen molar-refractivity contribution in [1.29, 1.82) is 0 Å². The molecule has 118 valence electrons. The van der Waals surface area contributed by atoms with Gasteiger partial charge < -0.3 is 5.11 Å². The largest absolute Gasteiger partial charge is 0.478 e. The molecule has 5 nitrogen and oxygen atoms in total. The van der Waals surface area contributed by atoms with Crippen molar-refractivity contribution < 1.29 is 18.3 Å². The van der Waals surface area contributed by atoms with Crippen molar-refractivity contribution in [1.82, 2.24) is 4.72 Å². The lowest BCUT2D eigenvalue weighted by Crippen LogP contribution is -2.34. The quantitative estimate of drug-likeness (QED) is 0.875. The predicted octanol–water partition coefficient (Wildman–Crippen LogP) is 2.65. The van der Waals surface area contributed by atoms with Gasteiger partial charge in [-0.2, -0.15) is 0 Å². The molecule has 1 aromatic rings. The van der Waals surface area contributed by atoms with E-state index in [0.29, 0.717) is 6.54 Å². The molecular formula is C15H23NO4S. The second kappa shape index (κ2) is 6.15. The van der Waals surface area contributed by atoms with E-state index in [9.17, 15) is 13.2 Å². The lowest BCUT2D eigenvalue weighted by atomic mass is 9.82. The Labute approximate surface area is 126 Å². The number of carboxylic acid groups (broad SMARTS) is 1. The normalized spacial score (nSPS) is 14.0. The molecular weight excluding hydrogens is 290 g/mol. The average Bonchev–Trinajstić information content (AvgIpc) is 2.34. The molecule has 2 N–H and O–H groups in total. The average molecular weight is 313 g/mol. The van der Waals surface area contributed by atoms with Crippen LogP contribution in [-0.2, 0) is 10.0 Å². The molecule has 1 unspecified atom stereocenters. The smallest absolute Gasteiger partial charge is 0.335 e. The first kappa shape index (κ1) is 17.7. The fraction of sp³-hybridized carbons (Fsp3) is 0.533. The van der Waals surface area contributed by atoms with E-state index in [0.717, 1.165) is 0 Å². The van der Waals surface area contributed by atoms with Gasteiger partial charge in [0.05, 0.1) is 10.5 Å². The second-order valence-electron chi connectivity index (χ2n) is 6.35. The summed E-state index contributed by atoms with van der Waals surface area (Å²) in [5.74, 6) is -0.983. The van der Waals surface area contributed by atoms with E-state index in [2.05, 4.69) is 4.72 Å². The number of carbonyl (C=O) groups is 1. The Morgan fingerprint density at radius 1 is 1.33 bits per heavy atom. The number of nitrogens with one attached hydrogen (secondary N) is 1. The SMILES string of the molecule is Cc1c(C(=O)O)cccc1S(=O)(=O)NCC(C)C(C)(C)C. The van der Waals surface area contributed by atoms with Crippen molar-refractivity contribution in [2.75, 3.05) is 6.54 Å². The van der Waals surface area contributed by atoms with E-state index in [1.54, 1.807) is 0 Å². The molecule has 0 bridgehead atoms. The van der Waals surface area contributed by atoms with Crippen LogP contribution in [0.3, 0.4) is 0 Å². The van der Waals surface area contributed by atoms with Gasteiger partial charge in [-0.25, -0.2) is 17.9 Å². The maximum Gasteiger partial charge on any atom is 0.335 e. The molecule has 6 heteroatoms.